The monoisotopic (exact) mass is 269 g/mol. The Morgan fingerprint density at radius 3 is 2.42 bits per heavy atom. The van der Waals surface area contributed by atoms with Crippen molar-refractivity contribution in [2.75, 3.05) is 53.9 Å². The van der Waals surface area contributed by atoms with Gasteiger partial charge in [0.05, 0.1) is 12.2 Å². The van der Waals surface area contributed by atoms with Crippen molar-refractivity contribution in [2.45, 2.75) is 37.9 Å². The molecule has 0 aromatic carbocycles. The van der Waals surface area contributed by atoms with Crippen molar-refractivity contribution in [3.05, 3.63) is 0 Å². The van der Waals surface area contributed by atoms with Crippen LogP contribution in [0, 0.1) is 5.92 Å². The highest BCUT2D eigenvalue weighted by Crippen LogP contribution is 2.23. The predicted octanol–water partition coefficient (Wildman–Crippen LogP) is 1.03. The minimum atomic E-state index is 0.446. The lowest BCUT2D eigenvalue weighted by Gasteiger charge is -2.34. The molecule has 0 bridgehead atoms. The van der Waals surface area contributed by atoms with Crippen molar-refractivity contribution in [1.82, 2.24) is 15.1 Å². The first-order valence-corrected chi connectivity index (χ1v) is 7.84. The van der Waals surface area contributed by atoms with E-state index in [1.54, 1.807) is 0 Å². The van der Waals surface area contributed by atoms with Crippen LogP contribution in [0.2, 0.25) is 0 Å². The topological polar surface area (TPSA) is 27.7 Å². The molecule has 112 valence electrons. The van der Waals surface area contributed by atoms with Crippen molar-refractivity contribution < 1.29 is 4.74 Å². The SMILES string of the molecule is CNCC1CCC(CN2CCC(CN(C)C)CC2)O1. The summed E-state index contributed by atoms with van der Waals surface area (Å²) in [6, 6.07) is 0. The van der Waals surface area contributed by atoms with Crippen molar-refractivity contribution in [3.8, 4) is 0 Å². The second-order valence-corrected chi connectivity index (χ2v) is 6.52. The number of rotatable bonds is 6. The van der Waals surface area contributed by atoms with Crippen LogP contribution in [-0.2, 0) is 4.74 Å². The molecule has 4 heteroatoms. The number of ether oxygens (including phenoxy) is 1. The molecular formula is C15H31N3O. The van der Waals surface area contributed by atoms with Crippen LogP contribution in [0.5, 0.6) is 0 Å². The molecule has 2 aliphatic heterocycles. The minimum absolute atomic E-state index is 0.446. The molecule has 2 aliphatic rings. The molecule has 0 aromatic rings. The molecular weight excluding hydrogens is 238 g/mol. The van der Waals surface area contributed by atoms with Crippen molar-refractivity contribution in [2.24, 2.45) is 5.92 Å². The highest BCUT2D eigenvalue weighted by molar-refractivity contribution is 4.80. The van der Waals surface area contributed by atoms with Gasteiger partial charge in [0.25, 0.3) is 0 Å². The fourth-order valence-electron chi connectivity index (χ4n) is 3.45. The van der Waals surface area contributed by atoms with E-state index in [2.05, 4.69) is 29.2 Å². The number of hydrogen-bond acceptors (Lipinski definition) is 4. The van der Waals surface area contributed by atoms with Gasteiger partial charge in [-0.1, -0.05) is 0 Å². The highest BCUT2D eigenvalue weighted by Gasteiger charge is 2.28. The Morgan fingerprint density at radius 2 is 1.79 bits per heavy atom. The smallest absolute Gasteiger partial charge is 0.0707 e. The fraction of sp³-hybridized carbons (Fsp3) is 1.00. The number of nitrogens with one attached hydrogen (secondary N) is 1. The molecule has 1 N–H and O–H groups in total. The largest absolute Gasteiger partial charge is 0.372 e. The van der Waals surface area contributed by atoms with E-state index >= 15 is 0 Å². The summed E-state index contributed by atoms with van der Waals surface area (Å²) in [4.78, 5) is 4.93. The summed E-state index contributed by atoms with van der Waals surface area (Å²) in [7, 11) is 6.37. The molecule has 2 saturated heterocycles. The predicted molar refractivity (Wildman–Crippen MR) is 79.5 cm³/mol. The van der Waals surface area contributed by atoms with Gasteiger partial charge >= 0.3 is 0 Å². The normalized spacial score (nSPS) is 30.3. The van der Waals surface area contributed by atoms with E-state index in [1.807, 2.05) is 7.05 Å². The molecule has 19 heavy (non-hydrogen) atoms. The zero-order valence-corrected chi connectivity index (χ0v) is 12.9. The van der Waals surface area contributed by atoms with Gasteiger partial charge in [-0.3, -0.25) is 0 Å². The average Bonchev–Trinajstić information content (AvgIpc) is 2.79. The van der Waals surface area contributed by atoms with Crippen molar-refractivity contribution in [1.29, 1.82) is 0 Å². The van der Waals surface area contributed by atoms with Crippen LogP contribution in [-0.4, -0.2) is 75.9 Å². The second-order valence-electron chi connectivity index (χ2n) is 6.52. The van der Waals surface area contributed by atoms with E-state index in [-0.39, 0.29) is 0 Å². The molecule has 2 fully saturated rings. The maximum atomic E-state index is 6.08. The van der Waals surface area contributed by atoms with Crippen LogP contribution < -0.4 is 5.32 Å². The summed E-state index contributed by atoms with van der Waals surface area (Å²) < 4.78 is 6.08. The molecule has 0 saturated carbocycles. The summed E-state index contributed by atoms with van der Waals surface area (Å²) in [6.45, 7) is 5.92. The Hall–Kier alpha value is -0.160. The maximum Gasteiger partial charge on any atom is 0.0707 e. The van der Waals surface area contributed by atoms with E-state index in [0.717, 1.165) is 19.0 Å². The number of nitrogens with zero attached hydrogens (tertiary/aromatic N) is 2. The standard InChI is InChI=1S/C15H31N3O/c1-16-10-14-4-5-15(19-14)12-18-8-6-13(7-9-18)11-17(2)3/h13-16H,4-12H2,1-3H3. The van der Waals surface area contributed by atoms with Crippen LogP contribution in [0.4, 0.5) is 0 Å². The number of hydrogen-bond donors (Lipinski definition) is 1. The first-order chi connectivity index (χ1) is 9.17. The molecule has 0 amide bonds. The lowest BCUT2D eigenvalue weighted by atomic mass is 9.96. The fourth-order valence-corrected chi connectivity index (χ4v) is 3.45. The van der Waals surface area contributed by atoms with Crippen molar-refractivity contribution >= 4 is 0 Å². The van der Waals surface area contributed by atoms with E-state index in [1.165, 1.54) is 45.3 Å². The third-order valence-corrected chi connectivity index (χ3v) is 4.42. The molecule has 4 nitrogen and oxygen atoms in total. The molecule has 0 aromatic heterocycles. The lowest BCUT2D eigenvalue weighted by Crippen LogP contribution is -2.41. The van der Waals surface area contributed by atoms with Crippen LogP contribution >= 0.6 is 0 Å². The number of likely N-dealkylation sites (tertiary alicyclic amines) is 1. The van der Waals surface area contributed by atoms with Gasteiger partial charge in [-0.2, -0.15) is 0 Å². The third kappa shape index (κ3) is 5.03. The van der Waals surface area contributed by atoms with Gasteiger partial charge in [0, 0.05) is 19.6 Å². The summed E-state index contributed by atoms with van der Waals surface area (Å²) in [5, 5.41) is 3.21. The van der Waals surface area contributed by atoms with Crippen molar-refractivity contribution in [3.63, 3.8) is 0 Å². The Bertz CT molecular complexity index is 252. The molecule has 2 atom stereocenters. The van der Waals surface area contributed by atoms with E-state index in [4.69, 9.17) is 4.74 Å². The van der Waals surface area contributed by atoms with E-state index in [0.29, 0.717) is 12.2 Å². The molecule has 0 radical (unpaired) electrons. The van der Waals surface area contributed by atoms with Gasteiger partial charge in [0.1, 0.15) is 0 Å². The van der Waals surface area contributed by atoms with Gasteiger partial charge in [-0.15, -0.1) is 0 Å². The number of piperidine rings is 1. The quantitative estimate of drug-likeness (QED) is 0.779. The van der Waals surface area contributed by atoms with Crippen LogP contribution in [0.3, 0.4) is 0 Å². The Labute approximate surface area is 118 Å². The summed E-state index contributed by atoms with van der Waals surface area (Å²) >= 11 is 0. The molecule has 2 rings (SSSR count). The van der Waals surface area contributed by atoms with Crippen LogP contribution in [0.25, 0.3) is 0 Å². The van der Waals surface area contributed by atoms with Gasteiger partial charge in [-0.25, -0.2) is 0 Å². The lowest BCUT2D eigenvalue weighted by molar-refractivity contribution is 0.0165. The van der Waals surface area contributed by atoms with Gasteiger partial charge in [-0.05, 0) is 65.8 Å². The van der Waals surface area contributed by atoms with Crippen LogP contribution in [0.1, 0.15) is 25.7 Å². The molecule has 0 spiro atoms. The first-order valence-electron chi connectivity index (χ1n) is 7.84. The Balaban J connectivity index is 1.63. The van der Waals surface area contributed by atoms with Gasteiger partial charge < -0.3 is 19.9 Å². The summed E-state index contributed by atoms with van der Waals surface area (Å²) in [5.74, 6) is 0.896. The van der Waals surface area contributed by atoms with E-state index < -0.39 is 0 Å². The Kier molecular flexibility index (Phi) is 6.07. The second kappa shape index (κ2) is 7.58. The number of likely N-dealkylation sites (N-methyl/N-ethyl adjacent to an activating group) is 1. The zero-order chi connectivity index (χ0) is 13.7. The average molecular weight is 269 g/mol. The molecule has 0 aliphatic carbocycles. The minimum Gasteiger partial charge on any atom is -0.372 e. The van der Waals surface area contributed by atoms with Gasteiger partial charge in [0.2, 0.25) is 0 Å². The van der Waals surface area contributed by atoms with E-state index in [9.17, 15) is 0 Å². The highest BCUT2D eigenvalue weighted by atomic mass is 16.5. The van der Waals surface area contributed by atoms with Gasteiger partial charge in [0.15, 0.2) is 0 Å². The zero-order valence-electron chi connectivity index (χ0n) is 12.9. The maximum absolute atomic E-state index is 6.08. The van der Waals surface area contributed by atoms with Crippen LogP contribution in [0.15, 0.2) is 0 Å². The molecule has 2 heterocycles. The third-order valence-electron chi connectivity index (χ3n) is 4.42. The molecule has 2 unspecified atom stereocenters. The summed E-state index contributed by atoms with van der Waals surface area (Å²) in [6.07, 6.45) is 6.09. The first kappa shape index (κ1) is 15.2. The summed E-state index contributed by atoms with van der Waals surface area (Å²) in [5.41, 5.74) is 0. The Morgan fingerprint density at radius 1 is 1.11 bits per heavy atom.